The van der Waals surface area contributed by atoms with Crippen LogP contribution < -0.4 is 5.73 Å². The first-order chi connectivity index (χ1) is 7.99. The van der Waals surface area contributed by atoms with Gasteiger partial charge in [0.25, 0.3) is 0 Å². The molecular weight excluding hydrogens is 263 g/mol. The van der Waals surface area contributed by atoms with Crippen LogP contribution in [0.4, 0.5) is 0 Å². The molecule has 1 heterocycles. The second kappa shape index (κ2) is 4.56. The molecule has 2 aromatic rings. The number of halogens is 2. The molecule has 0 spiro atoms. The van der Waals surface area contributed by atoms with Gasteiger partial charge < -0.3 is 15.4 Å². The molecule has 1 atom stereocenters. The van der Waals surface area contributed by atoms with Crippen molar-refractivity contribution in [1.29, 1.82) is 0 Å². The van der Waals surface area contributed by atoms with Crippen LogP contribution in [0.2, 0.25) is 10.0 Å². The maximum Gasteiger partial charge on any atom is 0.322 e. The Kier molecular flexibility index (Phi) is 3.28. The number of carboxylic acid groups (broad SMARTS) is 1. The second-order valence-corrected chi connectivity index (χ2v) is 4.58. The van der Waals surface area contributed by atoms with Crippen molar-refractivity contribution in [2.45, 2.75) is 12.6 Å². The summed E-state index contributed by atoms with van der Waals surface area (Å²) in [6.07, 6.45) is 1.75. The Morgan fingerprint density at radius 1 is 1.47 bits per heavy atom. The third kappa shape index (κ3) is 2.39. The summed E-state index contributed by atoms with van der Waals surface area (Å²) in [6.45, 7) is 0.176. The molecule has 6 heteroatoms. The van der Waals surface area contributed by atoms with Gasteiger partial charge in [-0.15, -0.1) is 0 Å². The highest BCUT2D eigenvalue weighted by Crippen LogP contribution is 2.28. The highest BCUT2D eigenvalue weighted by molar-refractivity contribution is 6.38. The number of hydrogen-bond acceptors (Lipinski definition) is 2. The number of carboxylic acids is 1. The van der Waals surface area contributed by atoms with Crippen molar-refractivity contribution < 1.29 is 9.90 Å². The third-order valence-electron chi connectivity index (χ3n) is 2.51. The average Bonchev–Trinajstić information content (AvgIpc) is 2.61. The van der Waals surface area contributed by atoms with Crippen LogP contribution in [-0.4, -0.2) is 21.7 Å². The fourth-order valence-electron chi connectivity index (χ4n) is 1.67. The van der Waals surface area contributed by atoms with Gasteiger partial charge in [0.05, 0.1) is 10.5 Å². The predicted molar refractivity (Wildman–Crippen MR) is 67.6 cm³/mol. The van der Waals surface area contributed by atoms with Crippen molar-refractivity contribution in [2.24, 2.45) is 5.73 Å². The van der Waals surface area contributed by atoms with E-state index in [4.69, 9.17) is 34.0 Å². The molecule has 4 nitrogen and oxygen atoms in total. The first-order valence-electron chi connectivity index (χ1n) is 4.91. The quantitative estimate of drug-likeness (QED) is 0.902. The summed E-state index contributed by atoms with van der Waals surface area (Å²) in [5.41, 5.74) is 6.27. The zero-order chi connectivity index (χ0) is 12.6. The van der Waals surface area contributed by atoms with Crippen LogP contribution >= 0.6 is 23.2 Å². The maximum atomic E-state index is 10.7. The van der Waals surface area contributed by atoms with E-state index in [1.807, 2.05) is 6.07 Å². The lowest BCUT2D eigenvalue weighted by Crippen LogP contribution is -2.34. The first-order valence-corrected chi connectivity index (χ1v) is 5.67. The lowest BCUT2D eigenvalue weighted by atomic mass is 10.2. The SMILES string of the molecule is NC(Cn1ccc2c(Cl)cc(Cl)cc21)C(=O)O. The number of carbonyl (C=O) groups is 1. The van der Waals surface area contributed by atoms with Crippen molar-refractivity contribution in [3.05, 3.63) is 34.4 Å². The Hall–Kier alpha value is -1.23. The van der Waals surface area contributed by atoms with Gasteiger partial charge in [0, 0.05) is 23.2 Å². The molecule has 0 saturated heterocycles. The van der Waals surface area contributed by atoms with E-state index in [-0.39, 0.29) is 6.54 Å². The van der Waals surface area contributed by atoms with Gasteiger partial charge in [-0.25, -0.2) is 0 Å². The van der Waals surface area contributed by atoms with E-state index in [1.54, 1.807) is 22.9 Å². The molecule has 0 aliphatic heterocycles. The van der Waals surface area contributed by atoms with Crippen LogP contribution in [0.3, 0.4) is 0 Å². The molecule has 0 amide bonds. The average molecular weight is 273 g/mol. The number of hydrogen-bond donors (Lipinski definition) is 2. The zero-order valence-electron chi connectivity index (χ0n) is 8.73. The predicted octanol–water partition coefficient (Wildman–Crippen LogP) is 2.36. The molecule has 1 unspecified atom stereocenters. The monoisotopic (exact) mass is 272 g/mol. The van der Waals surface area contributed by atoms with Crippen molar-refractivity contribution in [1.82, 2.24) is 4.57 Å². The number of fused-ring (bicyclic) bond motifs is 1. The Bertz CT molecular complexity index is 580. The Balaban J connectivity index is 2.45. The van der Waals surface area contributed by atoms with E-state index in [0.29, 0.717) is 10.0 Å². The van der Waals surface area contributed by atoms with E-state index >= 15 is 0 Å². The minimum atomic E-state index is -1.04. The van der Waals surface area contributed by atoms with Gasteiger partial charge in [0.15, 0.2) is 0 Å². The van der Waals surface area contributed by atoms with Crippen LogP contribution in [0, 0.1) is 0 Å². The number of nitrogens with two attached hydrogens (primary N) is 1. The molecular formula is C11H10Cl2N2O2. The zero-order valence-corrected chi connectivity index (χ0v) is 10.2. The van der Waals surface area contributed by atoms with E-state index in [0.717, 1.165) is 10.9 Å². The van der Waals surface area contributed by atoms with Crippen molar-refractivity contribution >= 4 is 40.1 Å². The number of aromatic nitrogens is 1. The number of nitrogens with zero attached hydrogens (tertiary/aromatic N) is 1. The topological polar surface area (TPSA) is 68.2 Å². The summed E-state index contributed by atoms with van der Waals surface area (Å²) in [4.78, 5) is 10.7. The summed E-state index contributed by atoms with van der Waals surface area (Å²) < 4.78 is 1.73. The molecule has 0 radical (unpaired) electrons. The molecule has 2 rings (SSSR count). The largest absolute Gasteiger partial charge is 0.480 e. The Labute approximate surface area is 108 Å². The molecule has 3 N–H and O–H groups in total. The number of rotatable bonds is 3. The van der Waals surface area contributed by atoms with E-state index in [9.17, 15) is 4.79 Å². The lowest BCUT2D eigenvalue weighted by molar-refractivity contribution is -0.138. The molecule has 0 saturated carbocycles. The maximum absolute atomic E-state index is 10.7. The molecule has 90 valence electrons. The molecule has 1 aromatic heterocycles. The van der Waals surface area contributed by atoms with E-state index < -0.39 is 12.0 Å². The summed E-state index contributed by atoms with van der Waals surface area (Å²) >= 11 is 11.9. The van der Waals surface area contributed by atoms with Crippen molar-refractivity contribution in [3.63, 3.8) is 0 Å². The Morgan fingerprint density at radius 2 is 2.18 bits per heavy atom. The van der Waals surface area contributed by atoms with Crippen molar-refractivity contribution in [2.75, 3.05) is 0 Å². The van der Waals surface area contributed by atoms with Crippen LogP contribution in [-0.2, 0) is 11.3 Å². The van der Waals surface area contributed by atoms with Crippen LogP contribution in [0.15, 0.2) is 24.4 Å². The van der Waals surface area contributed by atoms with Gasteiger partial charge in [-0.1, -0.05) is 23.2 Å². The summed E-state index contributed by atoms with van der Waals surface area (Å²) in [6, 6.07) is 4.23. The highest BCUT2D eigenvalue weighted by atomic mass is 35.5. The minimum absolute atomic E-state index is 0.176. The molecule has 1 aromatic carbocycles. The highest BCUT2D eigenvalue weighted by Gasteiger charge is 2.14. The Morgan fingerprint density at radius 3 is 2.82 bits per heavy atom. The molecule has 17 heavy (non-hydrogen) atoms. The first kappa shape index (κ1) is 12.2. The van der Waals surface area contributed by atoms with Gasteiger partial charge in [-0.3, -0.25) is 4.79 Å². The van der Waals surface area contributed by atoms with Gasteiger partial charge in [-0.05, 0) is 18.2 Å². The van der Waals surface area contributed by atoms with Crippen LogP contribution in [0.1, 0.15) is 0 Å². The fourth-order valence-corrected chi connectivity index (χ4v) is 2.21. The third-order valence-corrected chi connectivity index (χ3v) is 3.04. The standard InChI is InChI=1S/C11H10Cl2N2O2/c12-6-3-8(13)7-1-2-15(10(7)4-6)5-9(14)11(16)17/h1-4,9H,5,14H2,(H,16,17). The summed E-state index contributed by atoms with van der Waals surface area (Å²) in [7, 11) is 0. The van der Waals surface area contributed by atoms with Gasteiger partial charge in [-0.2, -0.15) is 0 Å². The van der Waals surface area contributed by atoms with E-state index in [2.05, 4.69) is 0 Å². The molecule has 0 fully saturated rings. The van der Waals surface area contributed by atoms with Crippen LogP contribution in [0.5, 0.6) is 0 Å². The van der Waals surface area contributed by atoms with Gasteiger partial charge >= 0.3 is 5.97 Å². The second-order valence-electron chi connectivity index (χ2n) is 3.73. The summed E-state index contributed by atoms with van der Waals surface area (Å²) in [5, 5.41) is 10.6. The smallest absolute Gasteiger partial charge is 0.322 e. The van der Waals surface area contributed by atoms with E-state index in [1.165, 1.54) is 0 Å². The molecule has 0 aliphatic rings. The fraction of sp³-hybridized carbons (Fsp3) is 0.182. The van der Waals surface area contributed by atoms with Gasteiger partial charge in [0.1, 0.15) is 6.04 Å². The van der Waals surface area contributed by atoms with Gasteiger partial charge in [0.2, 0.25) is 0 Å². The lowest BCUT2D eigenvalue weighted by Gasteiger charge is -2.09. The van der Waals surface area contributed by atoms with Crippen molar-refractivity contribution in [3.8, 4) is 0 Å². The number of benzene rings is 1. The molecule has 0 aliphatic carbocycles. The van der Waals surface area contributed by atoms with Crippen LogP contribution in [0.25, 0.3) is 10.9 Å². The summed E-state index contributed by atoms with van der Waals surface area (Å²) in [5.74, 6) is -1.04. The molecule has 0 bridgehead atoms. The number of aliphatic carboxylic acids is 1. The minimum Gasteiger partial charge on any atom is -0.480 e. The normalized spacial score (nSPS) is 12.9.